The van der Waals surface area contributed by atoms with E-state index in [9.17, 15) is 30.4 Å². The molecule has 126 valence electrons. The van der Waals surface area contributed by atoms with Crippen LogP contribution in [0.3, 0.4) is 0 Å². The second-order valence-electron chi connectivity index (χ2n) is 6.20. The summed E-state index contributed by atoms with van der Waals surface area (Å²) >= 11 is 0. The highest BCUT2D eigenvalue weighted by Crippen LogP contribution is 2.59. The van der Waals surface area contributed by atoms with Crippen molar-refractivity contribution in [2.24, 2.45) is 23.7 Å². The SMILES string of the molecule is O=C(OCC(F)(F)S(=O)(=O)O)C1C2CC3CS(=O)(=O)C1C3C2. The molecule has 3 aliphatic rings. The first-order valence-electron chi connectivity index (χ1n) is 6.67. The number of alkyl halides is 2. The summed E-state index contributed by atoms with van der Waals surface area (Å²) in [5.41, 5.74) is 0. The van der Waals surface area contributed by atoms with Gasteiger partial charge in [0.15, 0.2) is 16.4 Å². The predicted octanol–water partition coefficient (Wildman–Crippen LogP) is 0.0794. The summed E-state index contributed by atoms with van der Waals surface area (Å²) in [6.45, 7) is -1.82. The van der Waals surface area contributed by atoms with Gasteiger partial charge < -0.3 is 4.74 Å². The van der Waals surface area contributed by atoms with Gasteiger partial charge in [-0.2, -0.15) is 17.2 Å². The predicted molar refractivity (Wildman–Crippen MR) is 68.2 cm³/mol. The Bertz CT molecular complexity index is 713. The average molecular weight is 360 g/mol. The van der Waals surface area contributed by atoms with Crippen molar-refractivity contribution in [1.82, 2.24) is 0 Å². The number of carbonyl (C=O) groups excluding carboxylic acids is 1. The summed E-state index contributed by atoms with van der Waals surface area (Å²) in [5.74, 6) is -2.51. The topological polar surface area (TPSA) is 115 Å². The number of esters is 1. The van der Waals surface area contributed by atoms with Crippen molar-refractivity contribution in [2.75, 3.05) is 12.4 Å². The van der Waals surface area contributed by atoms with Crippen LogP contribution in [0.15, 0.2) is 0 Å². The molecule has 2 bridgehead atoms. The van der Waals surface area contributed by atoms with Gasteiger partial charge in [-0.25, -0.2) is 8.42 Å². The number of hydrogen-bond acceptors (Lipinski definition) is 6. The van der Waals surface area contributed by atoms with Crippen molar-refractivity contribution in [2.45, 2.75) is 23.3 Å². The normalized spacial score (nSPS) is 39.1. The zero-order chi connectivity index (χ0) is 16.5. The summed E-state index contributed by atoms with van der Waals surface area (Å²) in [7, 11) is -9.16. The lowest BCUT2D eigenvalue weighted by Crippen LogP contribution is -2.40. The van der Waals surface area contributed by atoms with E-state index < -0.39 is 49.0 Å². The highest BCUT2D eigenvalue weighted by Gasteiger charge is 2.65. The van der Waals surface area contributed by atoms with E-state index in [2.05, 4.69) is 4.74 Å². The van der Waals surface area contributed by atoms with Crippen molar-refractivity contribution in [1.29, 1.82) is 0 Å². The third-order valence-electron chi connectivity index (χ3n) is 4.96. The molecule has 1 heterocycles. The molecular formula is C11H14F2O7S2. The molecule has 0 aromatic carbocycles. The number of carbonyl (C=O) groups is 1. The Kier molecular flexibility index (Phi) is 3.36. The second-order valence-corrected chi connectivity index (χ2v) is 9.95. The van der Waals surface area contributed by atoms with Crippen LogP contribution >= 0.6 is 0 Å². The van der Waals surface area contributed by atoms with E-state index >= 15 is 0 Å². The van der Waals surface area contributed by atoms with Gasteiger partial charge in [-0.15, -0.1) is 0 Å². The lowest BCUT2D eigenvalue weighted by molar-refractivity contribution is -0.156. The molecule has 2 saturated carbocycles. The van der Waals surface area contributed by atoms with Gasteiger partial charge >= 0.3 is 21.3 Å². The van der Waals surface area contributed by atoms with E-state index in [0.717, 1.165) is 0 Å². The molecule has 1 N–H and O–H groups in total. The number of sulfone groups is 1. The van der Waals surface area contributed by atoms with Gasteiger partial charge in [-0.05, 0) is 30.6 Å². The van der Waals surface area contributed by atoms with E-state index in [4.69, 9.17) is 4.55 Å². The lowest BCUT2D eigenvalue weighted by atomic mass is 9.83. The van der Waals surface area contributed by atoms with Gasteiger partial charge in [0.05, 0.1) is 16.9 Å². The Hall–Kier alpha value is -0.810. The van der Waals surface area contributed by atoms with E-state index in [1.807, 2.05) is 0 Å². The molecule has 7 nitrogen and oxygen atoms in total. The molecule has 3 fully saturated rings. The lowest BCUT2D eigenvalue weighted by Gasteiger charge is -2.25. The number of rotatable bonds is 4. The van der Waals surface area contributed by atoms with Gasteiger partial charge in [0, 0.05) is 0 Å². The summed E-state index contributed by atoms with van der Waals surface area (Å²) < 4.78 is 83.9. The summed E-state index contributed by atoms with van der Waals surface area (Å²) in [5, 5.41) is -5.53. The molecule has 5 unspecified atom stereocenters. The Morgan fingerprint density at radius 3 is 2.50 bits per heavy atom. The number of halogens is 2. The Morgan fingerprint density at radius 1 is 1.27 bits per heavy atom. The van der Waals surface area contributed by atoms with Crippen molar-refractivity contribution >= 4 is 25.9 Å². The Morgan fingerprint density at radius 2 is 1.91 bits per heavy atom. The highest BCUT2D eigenvalue weighted by molar-refractivity contribution is 7.92. The fourth-order valence-electron chi connectivity index (χ4n) is 4.18. The van der Waals surface area contributed by atoms with Crippen molar-refractivity contribution < 1.29 is 39.7 Å². The van der Waals surface area contributed by atoms with Crippen LogP contribution in [-0.2, 0) is 29.5 Å². The molecule has 0 radical (unpaired) electrons. The number of hydrogen-bond donors (Lipinski definition) is 1. The van der Waals surface area contributed by atoms with E-state index in [-0.39, 0.29) is 23.5 Å². The van der Waals surface area contributed by atoms with Crippen LogP contribution < -0.4 is 0 Å². The van der Waals surface area contributed by atoms with Gasteiger partial charge in [0.25, 0.3) is 0 Å². The first kappa shape index (κ1) is 16.1. The quantitative estimate of drug-likeness (QED) is 0.558. The van der Waals surface area contributed by atoms with Gasteiger partial charge in [-0.3, -0.25) is 9.35 Å². The van der Waals surface area contributed by atoms with Crippen molar-refractivity contribution in [3.05, 3.63) is 0 Å². The van der Waals surface area contributed by atoms with E-state index in [0.29, 0.717) is 12.8 Å². The maximum absolute atomic E-state index is 13.1. The fourth-order valence-corrected chi connectivity index (χ4v) is 7.23. The monoisotopic (exact) mass is 360 g/mol. The minimum Gasteiger partial charge on any atom is -0.458 e. The smallest absolute Gasteiger partial charge is 0.402 e. The molecule has 11 heteroatoms. The molecule has 0 aromatic heterocycles. The zero-order valence-corrected chi connectivity index (χ0v) is 12.8. The molecule has 0 amide bonds. The zero-order valence-electron chi connectivity index (χ0n) is 11.2. The van der Waals surface area contributed by atoms with Crippen molar-refractivity contribution in [3.63, 3.8) is 0 Å². The highest BCUT2D eigenvalue weighted by atomic mass is 32.2. The van der Waals surface area contributed by atoms with Crippen LogP contribution in [0.1, 0.15) is 12.8 Å². The third-order valence-corrected chi connectivity index (χ3v) is 8.20. The second kappa shape index (κ2) is 4.60. The molecule has 0 aromatic rings. The van der Waals surface area contributed by atoms with E-state index in [1.54, 1.807) is 0 Å². The molecular weight excluding hydrogens is 346 g/mol. The molecule has 2 aliphatic carbocycles. The molecule has 3 rings (SSSR count). The molecule has 5 atom stereocenters. The fraction of sp³-hybridized carbons (Fsp3) is 0.909. The van der Waals surface area contributed by atoms with Crippen LogP contribution in [-0.4, -0.2) is 50.2 Å². The van der Waals surface area contributed by atoms with Crippen LogP contribution in [0.25, 0.3) is 0 Å². The van der Waals surface area contributed by atoms with Crippen LogP contribution in [0.4, 0.5) is 8.78 Å². The standard InChI is InChI=1S/C11H14F2O7S2/c12-11(13,22(17,18)19)4-20-10(14)8-5-1-6-3-21(15,16)9(8)7(6)2-5/h5-9H,1-4H2,(H,17,18,19). The minimum absolute atomic E-state index is 0.00376. The van der Waals surface area contributed by atoms with Gasteiger partial charge in [-0.1, -0.05) is 0 Å². The summed E-state index contributed by atoms with van der Waals surface area (Å²) in [4.78, 5) is 12.0. The van der Waals surface area contributed by atoms with Gasteiger partial charge in [0.2, 0.25) is 0 Å². The first-order valence-corrected chi connectivity index (χ1v) is 9.82. The maximum Gasteiger partial charge on any atom is 0.402 e. The summed E-state index contributed by atoms with van der Waals surface area (Å²) in [6.07, 6.45) is 1.08. The van der Waals surface area contributed by atoms with Crippen LogP contribution in [0.2, 0.25) is 0 Å². The third kappa shape index (κ3) is 2.24. The molecule has 22 heavy (non-hydrogen) atoms. The first-order chi connectivity index (χ1) is 9.94. The van der Waals surface area contributed by atoms with Gasteiger partial charge in [0.1, 0.15) is 0 Å². The average Bonchev–Trinajstić information content (AvgIpc) is 2.94. The van der Waals surface area contributed by atoms with Crippen LogP contribution in [0, 0.1) is 23.7 Å². The van der Waals surface area contributed by atoms with E-state index in [1.165, 1.54) is 0 Å². The number of fused-ring (bicyclic) bond motifs is 1. The molecule has 1 aliphatic heterocycles. The minimum atomic E-state index is -5.69. The summed E-state index contributed by atoms with van der Waals surface area (Å²) in [6, 6.07) is 0. The largest absolute Gasteiger partial charge is 0.458 e. The molecule has 0 spiro atoms. The number of ether oxygens (including phenoxy) is 1. The van der Waals surface area contributed by atoms with Crippen LogP contribution in [0.5, 0.6) is 0 Å². The maximum atomic E-state index is 13.1. The van der Waals surface area contributed by atoms with Crippen molar-refractivity contribution in [3.8, 4) is 0 Å². The Labute approximate surface area is 125 Å². The Balaban J connectivity index is 1.75. The molecule has 1 saturated heterocycles.